The molecule has 66 heavy (non-hydrogen) atoms. The maximum atomic E-state index is 13.5. The second-order valence-electron chi connectivity index (χ2n) is 19.6. The molecule has 3 aliphatic rings. The summed E-state index contributed by atoms with van der Waals surface area (Å²) in [6, 6.07) is 3.66. The van der Waals surface area contributed by atoms with E-state index in [0.717, 1.165) is 59.6 Å². The number of nitrogens with one attached hydrogen (secondary N) is 4. The molecule has 4 aromatic heterocycles. The van der Waals surface area contributed by atoms with Gasteiger partial charge < -0.3 is 46.0 Å². The van der Waals surface area contributed by atoms with Crippen molar-refractivity contribution in [3.05, 3.63) is 57.1 Å². The molecular weight excluding hydrogens is 881 g/mol. The SMILES string of the molecule is Cc1cc(NC(C)(C)C)ncc1-c1sc(C(=O)NC[C@@H](C)O)nc1C(=O)N1CCC[C@@H]1C.Cc1cc(NC(C)(C)C)ncc1-c1sc(C(=O)N[C@H]2COC[C@@H]2O)nc1C(=O)N1CCC[C@@H]1C. The van der Waals surface area contributed by atoms with E-state index in [2.05, 4.69) is 82.7 Å². The van der Waals surface area contributed by atoms with Gasteiger partial charge in [0, 0.05) is 66.3 Å². The van der Waals surface area contributed by atoms with E-state index in [0.29, 0.717) is 22.8 Å². The summed E-state index contributed by atoms with van der Waals surface area (Å²) in [4.78, 5) is 75.5. The number of aromatic nitrogens is 4. The fourth-order valence-electron chi connectivity index (χ4n) is 7.95. The summed E-state index contributed by atoms with van der Waals surface area (Å²) in [5, 5.41) is 32.0. The van der Waals surface area contributed by atoms with E-state index < -0.39 is 30.1 Å². The van der Waals surface area contributed by atoms with Crippen LogP contribution in [0.1, 0.15) is 140 Å². The van der Waals surface area contributed by atoms with E-state index in [1.54, 1.807) is 19.3 Å². The fourth-order valence-corrected chi connectivity index (χ4v) is 10.0. The van der Waals surface area contributed by atoms with Crippen molar-refractivity contribution in [2.75, 3.05) is 43.5 Å². The molecule has 3 saturated heterocycles. The minimum Gasteiger partial charge on any atom is -0.392 e. The zero-order chi connectivity index (χ0) is 48.2. The van der Waals surface area contributed by atoms with Crippen molar-refractivity contribution < 1.29 is 34.1 Å². The summed E-state index contributed by atoms with van der Waals surface area (Å²) < 4.78 is 5.23. The lowest BCUT2D eigenvalue weighted by Crippen LogP contribution is -2.42. The smallest absolute Gasteiger partial charge is 0.280 e. The third-order valence-electron chi connectivity index (χ3n) is 11.3. The van der Waals surface area contributed by atoms with Crippen LogP contribution in [-0.2, 0) is 4.74 Å². The maximum absolute atomic E-state index is 13.5. The topological polar surface area (TPSA) is 224 Å². The van der Waals surface area contributed by atoms with Crippen LogP contribution in [0.4, 0.5) is 11.6 Å². The normalized spacial score (nSPS) is 20.1. The maximum Gasteiger partial charge on any atom is 0.280 e. The van der Waals surface area contributed by atoms with Crippen molar-refractivity contribution in [1.82, 2.24) is 40.4 Å². The third kappa shape index (κ3) is 12.5. The van der Waals surface area contributed by atoms with Gasteiger partial charge in [0.05, 0.1) is 41.2 Å². The van der Waals surface area contributed by atoms with Gasteiger partial charge in [0.25, 0.3) is 23.6 Å². The van der Waals surface area contributed by atoms with Crippen LogP contribution in [0.25, 0.3) is 20.9 Å². The van der Waals surface area contributed by atoms with Gasteiger partial charge in [-0.3, -0.25) is 19.2 Å². The lowest BCUT2D eigenvalue weighted by atomic mass is 10.1. The minimum absolute atomic E-state index is 0.119. The van der Waals surface area contributed by atoms with Crippen molar-refractivity contribution >= 4 is 57.9 Å². The predicted molar refractivity (Wildman–Crippen MR) is 258 cm³/mol. The van der Waals surface area contributed by atoms with E-state index in [9.17, 15) is 29.4 Å². The number of hydrogen-bond acceptors (Lipinski definition) is 15. The van der Waals surface area contributed by atoms with E-state index in [1.165, 1.54) is 22.7 Å². The number of nitrogens with zero attached hydrogens (tertiary/aromatic N) is 6. The van der Waals surface area contributed by atoms with Crippen LogP contribution in [0.5, 0.6) is 0 Å². The Balaban J connectivity index is 0.000000219. The van der Waals surface area contributed by atoms with Gasteiger partial charge in [-0.25, -0.2) is 19.9 Å². The molecule has 0 spiro atoms. The largest absolute Gasteiger partial charge is 0.392 e. The predicted octanol–water partition coefficient (Wildman–Crippen LogP) is 6.30. The van der Waals surface area contributed by atoms with Gasteiger partial charge >= 0.3 is 0 Å². The highest BCUT2D eigenvalue weighted by molar-refractivity contribution is 7.17. The van der Waals surface area contributed by atoms with Crippen LogP contribution in [-0.4, -0.2) is 138 Å². The number of carbonyl (C=O) groups excluding carboxylic acids is 4. The number of aliphatic hydroxyl groups is 2. The Kier molecular flexibility index (Phi) is 15.9. The number of ether oxygens (including phenoxy) is 1. The number of carbonyl (C=O) groups is 4. The lowest BCUT2D eigenvalue weighted by Gasteiger charge is -2.22. The Morgan fingerprint density at radius 1 is 0.773 bits per heavy atom. The molecule has 358 valence electrons. The highest BCUT2D eigenvalue weighted by Crippen LogP contribution is 2.37. The molecule has 0 unspecified atom stereocenters. The number of amides is 4. The first-order valence-corrected chi connectivity index (χ1v) is 24.3. The zero-order valence-corrected chi connectivity index (χ0v) is 41.6. The third-order valence-corrected chi connectivity index (χ3v) is 13.5. The number of thiazole rings is 2. The number of aliphatic hydroxyl groups excluding tert-OH is 2. The summed E-state index contributed by atoms with van der Waals surface area (Å²) in [6.45, 7) is 23.9. The Morgan fingerprint density at radius 2 is 1.23 bits per heavy atom. The molecule has 7 heterocycles. The Morgan fingerprint density at radius 3 is 1.59 bits per heavy atom. The molecule has 6 N–H and O–H groups in total. The molecule has 19 heteroatoms. The summed E-state index contributed by atoms with van der Waals surface area (Å²) in [5.74, 6) is 0.336. The highest BCUT2D eigenvalue weighted by Gasteiger charge is 2.35. The Labute approximate surface area is 395 Å². The van der Waals surface area contributed by atoms with Crippen molar-refractivity contribution in [2.24, 2.45) is 0 Å². The van der Waals surface area contributed by atoms with Crippen molar-refractivity contribution in [1.29, 1.82) is 0 Å². The molecule has 4 amide bonds. The summed E-state index contributed by atoms with van der Waals surface area (Å²) >= 11 is 2.35. The van der Waals surface area contributed by atoms with Crippen LogP contribution in [0.15, 0.2) is 24.5 Å². The quantitative estimate of drug-likeness (QED) is 0.0973. The van der Waals surface area contributed by atoms with Gasteiger partial charge in [-0.15, -0.1) is 22.7 Å². The molecule has 0 aliphatic carbocycles. The zero-order valence-electron chi connectivity index (χ0n) is 40.0. The molecule has 7 rings (SSSR count). The van der Waals surface area contributed by atoms with Gasteiger partial charge in [-0.2, -0.15) is 0 Å². The van der Waals surface area contributed by atoms with Crippen LogP contribution in [0.2, 0.25) is 0 Å². The molecule has 5 atom stereocenters. The number of anilines is 2. The summed E-state index contributed by atoms with van der Waals surface area (Å²) in [6.07, 6.45) is 5.86. The molecule has 4 aromatic rings. The van der Waals surface area contributed by atoms with Crippen molar-refractivity contribution in [3.63, 3.8) is 0 Å². The Bertz CT molecular complexity index is 2410. The van der Waals surface area contributed by atoms with Crippen molar-refractivity contribution in [3.8, 4) is 20.9 Å². The first kappa shape index (κ1) is 50.3. The van der Waals surface area contributed by atoms with Crippen molar-refractivity contribution in [2.45, 2.75) is 143 Å². The molecule has 3 fully saturated rings. The highest BCUT2D eigenvalue weighted by atomic mass is 32.1. The lowest BCUT2D eigenvalue weighted by molar-refractivity contribution is 0.0734. The molecule has 0 bridgehead atoms. The molecule has 17 nitrogen and oxygen atoms in total. The van der Waals surface area contributed by atoms with Crippen LogP contribution < -0.4 is 21.3 Å². The monoisotopic (exact) mass is 946 g/mol. The Hall–Kier alpha value is -5.08. The average Bonchev–Trinajstić information content (AvgIpc) is 4.08. The number of likely N-dealkylation sites (tertiary alicyclic amines) is 2. The number of rotatable bonds is 11. The molecule has 3 aliphatic heterocycles. The second kappa shape index (κ2) is 20.8. The summed E-state index contributed by atoms with van der Waals surface area (Å²) in [5.41, 5.74) is 3.71. The van der Waals surface area contributed by atoms with Crippen LogP contribution in [0.3, 0.4) is 0 Å². The first-order valence-electron chi connectivity index (χ1n) is 22.7. The minimum atomic E-state index is -0.760. The molecule has 0 aromatic carbocycles. The number of pyridine rings is 2. The van der Waals surface area contributed by atoms with Gasteiger partial charge in [0.15, 0.2) is 10.0 Å². The fraction of sp³-hybridized carbons (Fsp3) is 0.574. The van der Waals surface area contributed by atoms with Crippen LogP contribution in [0, 0.1) is 13.8 Å². The average molecular weight is 947 g/mol. The van der Waals surface area contributed by atoms with E-state index in [1.807, 2.05) is 49.6 Å². The van der Waals surface area contributed by atoms with Crippen LogP contribution >= 0.6 is 22.7 Å². The van der Waals surface area contributed by atoms with Gasteiger partial charge in [0.1, 0.15) is 23.0 Å². The summed E-state index contributed by atoms with van der Waals surface area (Å²) in [7, 11) is 0. The number of aryl methyl sites for hydroxylation is 2. The molecule has 0 radical (unpaired) electrons. The van der Waals surface area contributed by atoms with Gasteiger partial charge in [0.2, 0.25) is 0 Å². The van der Waals surface area contributed by atoms with Gasteiger partial charge in [-0.1, -0.05) is 0 Å². The first-order chi connectivity index (χ1) is 31.0. The van der Waals surface area contributed by atoms with Gasteiger partial charge in [-0.05, 0) is 125 Å². The number of hydrogen-bond donors (Lipinski definition) is 6. The van der Waals surface area contributed by atoms with E-state index in [-0.39, 0.29) is 76.1 Å². The van der Waals surface area contributed by atoms with E-state index in [4.69, 9.17) is 4.74 Å². The van der Waals surface area contributed by atoms with E-state index >= 15 is 0 Å². The molecule has 0 saturated carbocycles. The standard InChI is InChI=1S/C24H33N5O4S.C23H33N5O3S/c1-13-9-18(28-24(3,4)5)25-10-15(13)20-19(23(32)29-8-6-7-14(29)2)27-22(34-20)21(31)26-16-11-33-12-17(16)30;1-13-10-17(27-23(4,5)6)24-12-16(13)19-18(22(31)28-9-7-8-14(28)2)26-21(32-19)20(30)25-11-15(3)29/h9-10,14,16-17,30H,6-8,11-12H2,1-5H3,(H,25,28)(H,26,31);10,12,14-15,29H,7-9,11H2,1-6H3,(H,24,27)(H,25,30)/t14-,16-,17-;14-,15+/m00/s1. The molecular formula is C47H66N10O7S2. The second-order valence-corrected chi connectivity index (χ2v) is 21.6.